The minimum Gasteiger partial charge on any atom is -0.427 e. The van der Waals surface area contributed by atoms with E-state index in [0.717, 1.165) is 33.3 Å². The third-order valence-electron chi connectivity index (χ3n) is 4.77. The van der Waals surface area contributed by atoms with Gasteiger partial charge in [-0.3, -0.25) is 4.79 Å². The number of hydrogen-bond acceptors (Lipinski definition) is 3. The Bertz CT molecular complexity index is 1110. The van der Waals surface area contributed by atoms with Crippen LogP contribution in [0.1, 0.15) is 17.5 Å². The van der Waals surface area contributed by atoms with Crippen molar-refractivity contribution >= 4 is 16.9 Å². The SMILES string of the molecule is Cc1cccc2c(CCC(=O)Oc3ccccc3)cc(-c3ccccc3)nc12. The van der Waals surface area contributed by atoms with Crippen LogP contribution in [-0.4, -0.2) is 11.0 Å². The molecule has 0 bridgehead atoms. The predicted molar refractivity (Wildman–Crippen MR) is 112 cm³/mol. The zero-order valence-electron chi connectivity index (χ0n) is 15.8. The number of esters is 1. The van der Waals surface area contributed by atoms with Gasteiger partial charge in [-0.15, -0.1) is 0 Å². The molecule has 0 unspecified atom stereocenters. The Labute approximate surface area is 164 Å². The maximum Gasteiger partial charge on any atom is 0.311 e. The summed E-state index contributed by atoms with van der Waals surface area (Å²) in [5, 5.41) is 1.09. The standard InChI is InChI=1S/C25H21NO2/c1-18-9-8-14-22-20(15-16-24(27)28-21-12-6-3-7-13-21)17-23(26-25(18)22)19-10-4-2-5-11-19/h2-14,17H,15-16H2,1H3. The molecule has 4 rings (SSSR count). The topological polar surface area (TPSA) is 39.2 Å². The Kier molecular flexibility index (Phi) is 5.16. The van der Waals surface area contributed by atoms with Crippen LogP contribution >= 0.6 is 0 Å². The van der Waals surface area contributed by atoms with E-state index in [1.165, 1.54) is 0 Å². The number of carbonyl (C=O) groups is 1. The molecule has 0 saturated heterocycles. The number of hydrogen-bond donors (Lipinski definition) is 0. The van der Waals surface area contributed by atoms with Crippen LogP contribution in [0.2, 0.25) is 0 Å². The Morgan fingerprint density at radius 2 is 1.61 bits per heavy atom. The van der Waals surface area contributed by atoms with Crippen molar-refractivity contribution in [3.8, 4) is 17.0 Å². The van der Waals surface area contributed by atoms with Crippen LogP contribution in [0.15, 0.2) is 84.9 Å². The van der Waals surface area contributed by atoms with Crippen molar-refractivity contribution in [2.45, 2.75) is 19.8 Å². The summed E-state index contributed by atoms with van der Waals surface area (Å²) in [6, 6.07) is 27.6. The number of rotatable bonds is 5. The van der Waals surface area contributed by atoms with Gasteiger partial charge in [-0.1, -0.05) is 66.7 Å². The molecule has 1 aromatic heterocycles. The largest absolute Gasteiger partial charge is 0.427 e. The number of para-hydroxylation sites is 2. The van der Waals surface area contributed by atoms with Gasteiger partial charge in [-0.25, -0.2) is 4.98 Å². The van der Waals surface area contributed by atoms with Crippen molar-refractivity contribution in [1.29, 1.82) is 0 Å². The highest BCUT2D eigenvalue weighted by atomic mass is 16.5. The third kappa shape index (κ3) is 3.94. The van der Waals surface area contributed by atoms with Crippen LogP contribution in [0.3, 0.4) is 0 Å². The number of pyridine rings is 1. The number of fused-ring (bicyclic) bond motifs is 1. The van der Waals surface area contributed by atoms with Gasteiger partial charge in [0.05, 0.1) is 17.6 Å². The average molecular weight is 367 g/mol. The van der Waals surface area contributed by atoms with Crippen molar-refractivity contribution in [2.75, 3.05) is 0 Å². The maximum atomic E-state index is 12.3. The van der Waals surface area contributed by atoms with E-state index in [1.807, 2.05) is 42.5 Å². The van der Waals surface area contributed by atoms with Crippen molar-refractivity contribution < 1.29 is 9.53 Å². The number of aryl methyl sites for hydroxylation is 2. The lowest BCUT2D eigenvalue weighted by Crippen LogP contribution is -2.09. The van der Waals surface area contributed by atoms with Gasteiger partial charge in [0, 0.05) is 10.9 Å². The fourth-order valence-corrected chi connectivity index (χ4v) is 3.33. The highest BCUT2D eigenvalue weighted by Gasteiger charge is 2.12. The van der Waals surface area contributed by atoms with E-state index in [0.29, 0.717) is 18.6 Å². The molecule has 0 amide bonds. The monoisotopic (exact) mass is 367 g/mol. The molecule has 0 N–H and O–H groups in total. The number of benzene rings is 3. The third-order valence-corrected chi connectivity index (χ3v) is 4.77. The van der Waals surface area contributed by atoms with Crippen LogP contribution in [0.5, 0.6) is 5.75 Å². The Hall–Kier alpha value is -3.46. The molecule has 4 aromatic rings. The number of carbonyl (C=O) groups excluding carboxylic acids is 1. The van der Waals surface area contributed by atoms with Crippen molar-refractivity contribution in [2.24, 2.45) is 0 Å². The zero-order chi connectivity index (χ0) is 19.3. The molecule has 0 spiro atoms. The van der Waals surface area contributed by atoms with E-state index >= 15 is 0 Å². The fourth-order valence-electron chi connectivity index (χ4n) is 3.33. The van der Waals surface area contributed by atoms with Crippen molar-refractivity contribution in [3.63, 3.8) is 0 Å². The Balaban J connectivity index is 1.64. The second-order valence-corrected chi connectivity index (χ2v) is 6.79. The van der Waals surface area contributed by atoms with Crippen LogP contribution < -0.4 is 4.74 Å². The second kappa shape index (κ2) is 8.05. The van der Waals surface area contributed by atoms with Crippen LogP contribution in [-0.2, 0) is 11.2 Å². The first-order valence-corrected chi connectivity index (χ1v) is 9.41. The van der Waals surface area contributed by atoms with E-state index in [-0.39, 0.29) is 5.97 Å². The highest BCUT2D eigenvalue weighted by molar-refractivity contribution is 5.88. The molecule has 3 aromatic carbocycles. The lowest BCUT2D eigenvalue weighted by Gasteiger charge is -2.12. The average Bonchev–Trinajstić information content (AvgIpc) is 2.74. The summed E-state index contributed by atoms with van der Waals surface area (Å²) in [6.07, 6.45) is 0.921. The van der Waals surface area contributed by atoms with Gasteiger partial charge in [-0.05, 0) is 42.7 Å². The van der Waals surface area contributed by atoms with Gasteiger partial charge in [0.25, 0.3) is 0 Å². The summed E-state index contributed by atoms with van der Waals surface area (Å²) in [6.45, 7) is 2.07. The van der Waals surface area contributed by atoms with E-state index in [9.17, 15) is 4.79 Å². The molecule has 0 atom stereocenters. The summed E-state index contributed by atoms with van der Waals surface area (Å²) in [5.41, 5.74) is 5.21. The maximum absolute atomic E-state index is 12.3. The molecule has 138 valence electrons. The van der Waals surface area contributed by atoms with Gasteiger partial charge >= 0.3 is 5.97 Å². The molecule has 0 aliphatic heterocycles. The van der Waals surface area contributed by atoms with Gasteiger partial charge in [0.15, 0.2) is 0 Å². The van der Waals surface area contributed by atoms with E-state index in [4.69, 9.17) is 9.72 Å². The lowest BCUT2D eigenvalue weighted by atomic mass is 9.99. The van der Waals surface area contributed by atoms with E-state index in [1.54, 1.807) is 12.1 Å². The number of aromatic nitrogens is 1. The zero-order valence-corrected chi connectivity index (χ0v) is 15.8. The van der Waals surface area contributed by atoms with Crippen LogP contribution in [0.4, 0.5) is 0 Å². The summed E-state index contributed by atoms with van der Waals surface area (Å²) >= 11 is 0. The first-order chi connectivity index (χ1) is 13.7. The van der Waals surface area contributed by atoms with Gasteiger partial charge < -0.3 is 4.74 Å². The van der Waals surface area contributed by atoms with E-state index < -0.39 is 0 Å². The van der Waals surface area contributed by atoms with E-state index in [2.05, 4.69) is 37.3 Å². The van der Waals surface area contributed by atoms with Gasteiger partial charge in [-0.2, -0.15) is 0 Å². The molecule has 0 fully saturated rings. The number of ether oxygens (including phenoxy) is 1. The molecule has 0 radical (unpaired) electrons. The normalized spacial score (nSPS) is 10.8. The molecule has 3 nitrogen and oxygen atoms in total. The molecule has 0 aliphatic rings. The first-order valence-electron chi connectivity index (χ1n) is 9.41. The smallest absolute Gasteiger partial charge is 0.311 e. The molecular formula is C25H21NO2. The molecular weight excluding hydrogens is 346 g/mol. The second-order valence-electron chi connectivity index (χ2n) is 6.79. The minimum absolute atomic E-state index is 0.231. The summed E-state index contributed by atoms with van der Waals surface area (Å²) in [5.74, 6) is 0.345. The fraction of sp³-hybridized carbons (Fsp3) is 0.120. The van der Waals surface area contributed by atoms with Crippen molar-refractivity contribution in [3.05, 3.63) is 96.1 Å². The van der Waals surface area contributed by atoms with Crippen LogP contribution in [0, 0.1) is 6.92 Å². The molecule has 0 aliphatic carbocycles. The predicted octanol–water partition coefficient (Wildman–Crippen LogP) is 5.75. The lowest BCUT2D eigenvalue weighted by molar-refractivity contribution is -0.134. The summed E-state index contributed by atoms with van der Waals surface area (Å²) in [7, 11) is 0. The molecule has 3 heteroatoms. The number of nitrogens with zero attached hydrogens (tertiary/aromatic N) is 1. The molecule has 0 saturated carbocycles. The molecule has 28 heavy (non-hydrogen) atoms. The first kappa shape index (κ1) is 17.9. The summed E-state index contributed by atoms with van der Waals surface area (Å²) in [4.78, 5) is 17.2. The van der Waals surface area contributed by atoms with Gasteiger partial charge in [0.1, 0.15) is 5.75 Å². The Morgan fingerprint density at radius 3 is 2.36 bits per heavy atom. The summed E-state index contributed by atoms with van der Waals surface area (Å²) < 4.78 is 5.43. The minimum atomic E-state index is -0.231. The molecule has 1 heterocycles. The van der Waals surface area contributed by atoms with Gasteiger partial charge in [0.2, 0.25) is 0 Å². The Morgan fingerprint density at radius 1 is 0.893 bits per heavy atom. The quantitative estimate of drug-likeness (QED) is 0.333. The van der Waals surface area contributed by atoms with Crippen molar-refractivity contribution in [1.82, 2.24) is 4.98 Å². The highest BCUT2D eigenvalue weighted by Crippen LogP contribution is 2.27. The van der Waals surface area contributed by atoms with Crippen LogP contribution in [0.25, 0.3) is 22.2 Å².